The van der Waals surface area contributed by atoms with E-state index in [9.17, 15) is 9.59 Å². The van der Waals surface area contributed by atoms with E-state index < -0.39 is 0 Å². The van der Waals surface area contributed by atoms with Crippen molar-refractivity contribution in [1.82, 2.24) is 30.3 Å². The van der Waals surface area contributed by atoms with Gasteiger partial charge in [-0.2, -0.15) is 0 Å². The number of rotatable bonds is 21. The van der Waals surface area contributed by atoms with Gasteiger partial charge in [-0.25, -0.2) is 9.97 Å². The number of aliphatic hydroxyl groups is 1. The van der Waals surface area contributed by atoms with Crippen LogP contribution in [0, 0.1) is 17.8 Å². The average Bonchev–Trinajstić information content (AvgIpc) is 3.43. The summed E-state index contributed by atoms with van der Waals surface area (Å²) in [6.45, 7) is 20.9. The molecule has 0 unspecified atom stereocenters. The van der Waals surface area contributed by atoms with Crippen LogP contribution in [0.25, 0.3) is 0 Å². The second kappa shape index (κ2) is 22.4. The molecule has 0 spiro atoms. The van der Waals surface area contributed by atoms with Crippen molar-refractivity contribution < 1.29 is 19.4 Å². The normalized spacial score (nSPS) is 11.5. The van der Waals surface area contributed by atoms with Crippen molar-refractivity contribution in [3.05, 3.63) is 29.3 Å². The lowest BCUT2D eigenvalue weighted by Crippen LogP contribution is -2.44. The smallest absolute Gasteiger partial charge is 0.305 e. The van der Waals surface area contributed by atoms with Crippen molar-refractivity contribution in [2.24, 2.45) is 17.8 Å². The molecule has 2 heterocycles. The highest BCUT2D eigenvalue weighted by Gasteiger charge is 2.19. The minimum atomic E-state index is -0.377. The number of hydrogen-bond donors (Lipinski definition) is 3. The predicted octanol–water partition coefficient (Wildman–Crippen LogP) is 5.94. The van der Waals surface area contributed by atoms with E-state index in [4.69, 9.17) is 9.84 Å². The van der Waals surface area contributed by atoms with E-state index >= 15 is 0 Å². The SMILES string of the molecule is CC(C)CCc1cc(CCC(C)C)nc(NCCCC(=O)NC(C)(C)CCO)n1.CCC(=O)OCCc1cn(CCC(C)C)nn1. The molecule has 1 amide bonds. The molecule has 3 N–H and O–H groups in total. The van der Waals surface area contributed by atoms with Gasteiger partial charge >= 0.3 is 5.97 Å². The Hall–Kier alpha value is -3.08. The third-order valence-corrected chi connectivity index (χ3v) is 7.30. The van der Waals surface area contributed by atoms with Crippen LogP contribution in [-0.4, -0.2) is 67.2 Å². The van der Waals surface area contributed by atoms with Gasteiger partial charge < -0.3 is 20.5 Å². The Morgan fingerprint density at radius 1 is 0.935 bits per heavy atom. The van der Waals surface area contributed by atoms with Gasteiger partial charge in [0.05, 0.1) is 12.3 Å². The fourth-order valence-corrected chi connectivity index (χ4v) is 4.32. The van der Waals surface area contributed by atoms with Crippen LogP contribution in [0.2, 0.25) is 0 Å². The highest BCUT2D eigenvalue weighted by molar-refractivity contribution is 5.76. The number of aliphatic hydroxyl groups excluding tert-OH is 1. The Bertz CT molecular complexity index is 1100. The maximum atomic E-state index is 12.1. The first-order chi connectivity index (χ1) is 21.7. The van der Waals surface area contributed by atoms with Gasteiger partial charge in [-0.15, -0.1) is 5.10 Å². The zero-order chi connectivity index (χ0) is 34.5. The zero-order valence-electron chi connectivity index (χ0n) is 30.2. The number of ether oxygens (including phenoxy) is 1. The van der Waals surface area contributed by atoms with Crippen molar-refractivity contribution in [3.63, 3.8) is 0 Å². The van der Waals surface area contributed by atoms with Crippen LogP contribution < -0.4 is 10.6 Å². The number of nitrogens with zero attached hydrogens (tertiary/aromatic N) is 5. The second-order valence-corrected chi connectivity index (χ2v) is 14.0. The molecule has 2 aromatic rings. The second-order valence-electron chi connectivity index (χ2n) is 14.0. The minimum Gasteiger partial charge on any atom is -0.465 e. The van der Waals surface area contributed by atoms with Gasteiger partial charge in [0.1, 0.15) is 0 Å². The zero-order valence-corrected chi connectivity index (χ0v) is 30.2. The molecule has 0 saturated heterocycles. The first-order valence-corrected chi connectivity index (χ1v) is 17.3. The van der Waals surface area contributed by atoms with Crippen molar-refractivity contribution in [2.75, 3.05) is 25.1 Å². The summed E-state index contributed by atoms with van der Waals surface area (Å²) in [5.74, 6) is 2.47. The fraction of sp³-hybridized carbons (Fsp3) is 0.771. The van der Waals surface area contributed by atoms with E-state index in [2.05, 4.69) is 78.5 Å². The molecule has 262 valence electrons. The summed E-state index contributed by atoms with van der Waals surface area (Å²) >= 11 is 0. The summed E-state index contributed by atoms with van der Waals surface area (Å²) in [5, 5.41) is 23.4. The summed E-state index contributed by atoms with van der Waals surface area (Å²) in [6.07, 6.45) is 9.92. The van der Waals surface area contributed by atoms with Gasteiger partial charge in [0.25, 0.3) is 0 Å². The highest BCUT2D eigenvalue weighted by atomic mass is 16.5. The quantitative estimate of drug-likeness (QED) is 0.111. The molecule has 11 nitrogen and oxygen atoms in total. The van der Waals surface area contributed by atoms with Crippen molar-refractivity contribution >= 4 is 17.8 Å². The number of amides is 1. The van der Waals surface area contributed by atoms with Crippen molar-refractivity contribution in [1.29, 1.82) is 0 Å². The Balaban J connectivity index is 0.000000527. The van der Waals surface area contributed by atoms with Crippen molar-refractivity contribution in [3.8, 4) is 0 Å². The molecule has 0 saturated carbocycles. The highest BCUT2D eigenvalue weighted by Crippen LogP contribution is 2.15. The monoisotopic (exact) mass is 645 g/mol. The molecule has 0 atom stereocenters. The number of esters is 1. The molecule has 0 radical (unpaired) electrons. The maximum Gasteiger partial charge on any atom is 0.305 e. The van der Waals surface area contributed by atoms with Gasteiger partial charge in [0.2, 0.25) is 11.9 Å². The summed E-state index contributed by atoms with van der Waals surface area (Å²) in [6, 6.07) is 2.15. The molecule has 0 aromatic carbocycles. The van der Waals surface area contributed by atoms with Gasteiger partial charge in [0.15, 0.2) is 0 Å². The van der Waals surface area contributed by atoms with Gasteiger partial charge in [0, 0.05) is 62.1 Å². The summed E-state index contributed by atoms with van der Waals surface area (Å²) in [5.41, 5.74) is 2.69. The van der Waals surface area contributed by atoms with Gasteiger partial charge in [-0.3, -0.25) is 14.3 Å². The van der Waals surface area contributed by atoms with Crippen LogP contribution >= 0.6 is 0 Å². The predicted molar refractivity (Wildman–Crippen MR) is 184 cm³/mol. The maximum absolute atomic E-state index is 12.1. The summed E-state index contributed by atoms with van der Waals surface area (Å²) < 4.78 is 6.83. The lowest BCUT2D eigenvalue weighted by atomic mass is 10.0. The molecule has 0 fully saturated rings. The van der Waals surface area contributed by atoms with Crippen LogP contribution in [0.1, 0.15) is 124 Å². The minimum absolute atomic E-state index is 0.00877. The lowest BCUT2D eigenvalue weighted by Gasteiger charge is -2.25. The number of hydrogen-bond acceptors (Lipinski definition) is 9. The van der Waals surface area contributed by atoms with Gasteiger partial charge in [-0.05, 0) is 82.6 Å². The molecule has 2 aromatic heterocycles. The van der Waals surface area contributed by atoms with Crippen LogP contribution in [0.3, 0.4) is 0 Å². The Morgan fingerprint density at radius 2 is 1.54 bits per heavy atom. The first kappa shape index (κ1) is 40.9. The van der Waals surface area contributed by atoms with E-state index in [1.54, 1.807) is 6.92 Å². The van der Waals surface area contributed by atoms with Gasteiger partial charge in [-0.1, -0.05) is 53.7 Å². The molecule has 46 heavy (non-hydrogen) atoms. The summed E-state index contributed by atoms with van der Waals surface area (Å²) in [4.78, 5) is 32.4. The fourth-order valence-electron chi connectivity index (χ4n) is 4.32. The molecular weight excluding hydrogens is 582 g/mol. The first-order valence-electron chi connectivity index (χ1n) is 17.3. The van der Waals surface area contributed by atoms with Crippen LogP contribution in [0.4, 0.5) is 5.95 Å². The van der Waals surface area contributed by atoms with E-state index in [-0.39, 0.29) is 24.0 Å². The number of anilines is 1. The number of aryl methyl sites for hydroxylation is 3. The van der Waals surface area contributed by atoms with Crippen LogP contribution in [-0.2, 0) is 40.1 Å². The Kier molecular flexibility index (Phi) is 20.0. The van der Waals surface area contributed by atoms with Crippen LogP contribution in [0.15, 0.2) is 12.3 Å². The molecule has 0 aliphatic carbocycles. The molecular formula is C35H63N7O4. The van der Waals surface area contributed by atoms with E-state index in [0.29, 0.717) is 69.0 Å². The van der Waals surface area contributed by atoms with Crippen LogP contribution in [0.5, 0.6) is 0 Å². The molecule has 11 heteroatoms. The number of carbonyl (C=O) groups is 2. The number of carbonyl (C=O) groups excluding carboxylic acids is 2. The third-order valence-electron chi connectivity index (χ3n) is 7.30. The Morgan fingerprint density at radius 3 is 2.09 bits per heavy atom. The molecule has 0 aliphatic rings. The van der Waals surface area contributed by atoms with E-state index in [1.165, 1.54) is 0 Å². The molecule has 0 aliphatic heterocycles. The standard InChI is InChI=1S/C23H42N4O2.C12H21N3O2/c1-17(2)9-11-19-16-20(12-10-18(3)4)26-22(25-19)24-14-7-8-21(29)27-23(5,6)13-15-28;1-4-12(16)17-8-6-11-9-15(14-13-11)7-5-10(2)3/h16-18,28H,7-15H2,1-6H3,(H,27,29)(H,24,25,26);9-10H,4-8H2,1-3H3. The average molecular weight is 646 g/mol. The van der Waals surface area contributed by atoms with E-state index in [0.717, 1.165) is 55.7 Å². The Labute approximate surface area is 278 Å². The number of aromatic nitrogens is 5. The number of nitrogens with one attached hydrogen (secondary N) is 2. The third kappa shape index (κ3) is 20.1. The molecule has 0 bridgehead atoms. The molecule has 2 rings (SSSR count). The summed E-state index contributed by atoms with van der Waals surface area (Å²) in [7, 11) is 0. The topological polar surface area (TPSA) is 144 Å². The largest absolute Gasteiger partial charge is 0.465 e. The lowest BCUT2D eigenvalue weighted by molar-refractivity contribution is -0.143. The van der Waals surface area contributed by atoms with Crippen molar-refractivity contribution in [2.45, 2.75) is 139 Å². The van der Waals surface area contributed by atoms with E-state index in [1.807, 2.05) is 24.7 Å².